The van der Waals surface area contributed by atoms with Crippen LogP contribution in [0.4, 0.5) is 5.13 Å². The first-order chi connectivity index (χ1) is 9.51. The maximum Gasteiger partial charge on any atom is 0.185 e. The van der Waals surface area contributed by atoms with Gasteiger partial charge in [0.2, 0.25) is 0 Å². The van der Waals surface area contributed by atoms with Gasteiger partial charge in [-0.15, -0.1) is 11.3 Å². The number of aromatic nitrogens is 1. The van der Waals surface area contributed by atoms with Gasteiger partial charge in [0.1, 0.15) is 0 Å². The highest BCUT2D eigenvalue weighted by atomic mass is 32.1. The molecule has 0 saturated carbocycles. The van der Waals surface area contributed by atoms with Gasteiger partial charge >= 0.3 is 0 Å². The summed E-state index contributed by atoms with van der Waals surface area (Å²) in [6.07, 6.45) is 0. The lowest BCUT2D eigenvalue weighted by atomic mass is 10.0. The summed E-state index contributed by atoms with van der Waals surface area (Å²) in [5.41, 5.74) is 1.09. The van der Waals surface area contributed by atoms with Gasteiger partial charge in [-0.05, 0) is 11.8 Å². The highest BCUT2D eigenvalue weighted by Gasteiger charge is 2.28. The van der Waals surface area contributed by atoms with Crippen LogP contribution in [0.25, 0.3) is 0 Å². The molecule has 1 fully saturated rings. The zero-order valence-electron chi connectivity index (χ0n) is 13.3. The quantitative estimate of drug-likeness (QED) is 0.876. The lowest BCUT2D eigenvalue weighted by molar-refractivity contribution is 0.181. The number of hydrogen-bond acceptors (Lipinski definition) is 5. The van der Waals surface area contributed by atoms with E-state index in [1.54, 1.807) is 7.11 Å². The Hall–Kier alpha value is -0.650. The summed E-state index contributed by atoms with van der Waals surface area (Å²) in [6.45, 7) is 12.7. The van der Waals surface area contributed by atoms with Crippen molar-refractivity contribution in [1.29, 1.82) is 0 Å². The van der Waals surface area contributed by atoms with E-state index in [1.807, 2.05) is 11.3 Å². The monoisotopic (exact) mass is 297 g/mol. The predicted octanol–water partition coefficient (Wildman–Crippen LogP) is 2.88. The summed E-state index contributed by atoms with van der Waals surface area (Å²) in [7, 11) is 1.73. The minimum Gasteiger partial charge on any atom is -0.378 e. The van der Waals surface area contributed by atoms with Crippen LogP contribution in [0.3, 0.4) is 0 Å². The number of hydrogen-bond donors (Lipinski definition) is 1. The van der Waals surface area contributed by atoms with E-state index < -0.39 is 0 Å². The minimum absolute atomic E-state index is 0.489. The second-order valence-corrected chi connectivity index (χ2v) is 7.26. The van der Waals surface area contributed by atoms with Crippen molar-refractivity contribution in [1.82, 2.24) is 10.3 Å². The maximum absolute atomic E-state index is 5.29. The molecule has 2 atom stereocenters. The van der Waals surface area contributed by atoms with Gasteiger partial charge in [0.25, 0.3) is 0 Å². The van der Waals surface area contributed by atoms with Crippen molar-refractivity contribution in [2.24, 2.45) is 11.8 Å². The van der Waals surface area contributed by atoms with Crippen LogP contribution in [0.1, 0.15) is 38.3 Å². The zero-order chi connectivity index (χ0) is 14.7. The average molecular weight is 297 g/mol. The van der Waals surface area contributed by atoms with E-state index in [9.17, 15) is 0 Å². The molecule has 114 valence electrons. The van der Waals surface area contributed by atoms with Crippen LogP contribution in [0, 0.1) is 11.8 Å². The van der Waals surface area contributed by atoms with Crippen LogP contribution < -0.4 is 10.2 Å². The number of nitrogens with one attached hydrogen (secondary N) is 1. The van der Waals surface area contributed by atoms with Crippen molar-refractivity contribution >= 4 is 16.5 Å². The lowest BCUT2D eigenvalue weighted by Crippen LogP contribution is -2.21. The fraction of sp³-hybridized carbons (Fsp3) is 0.800. The third-order valence-corrected chi connectivity index (χ3v) is 5.14. The molecule has 0 spiro atoms. The van der Waals surface area contributed by atoms with Gasteiger partial charge in [-0.2, -0.15) is 0 Å². The standard InChI is InChI=1S/C15H27N3OS/c1-10(2)16-6-14-13(9-19-5)17-15(20-14)18-7-11(3)12(4)8-18/h10-12,16H,6-9H2,1-5H3. The van der Waals surface area contributed by atoms with Crippen LogP contribution in [0.2, 0.25) is 0 Å². The molecule has 0 amide bonds. The van der Waals surface area contributed by atoms with Crippen LogP contribution >= 0.6 is 11.3 Å². The summed E-state index contributed by atoms with van der Waals surface area (Å²) < 4.78 is 5.29. The molecule has 20 heavy (non-hydrogen) atoms. The third kappa shape index (κ3) is 3.71. The molecule has 2 heterocycles. The molecule has 1 saturated heterocycles. The second-order valence-electron chi connectivity index (χ2n) is 6.19. The maximum atomic E-state index is 5.29. The number of rotatable bonds is 6. The topological polar surface area (TPSA) is 37.4 Å². The number of thiazole rings is 1. The Morgan fingerprint density at radius 3 is 2.55 bits per heavy atom. The lowest BCUT2D eigenvalue weighted by Gasteiger charge is -2.13. The van der Waals surface area contributed by atoms with Crippen molar-refractivity contribution in [3.8, 4) is 0 Å². The second kappa shape index (κ2) is 6.87. The Morgan fingerprint density at radius 2 is 2.00 bits per heavy atom. The number of nitrogens with zero attached hydrogens (tertiary/aromatic N) is 2. The predicted molar refractivity (Wildman–Crippen MR) is 85.3 cm³/mol. The number of methoxy groups -OCH3 is 1. The highest BCUT2D eigenvalue weighted by molar-refractivity contribution is 7.15. The number of anilines is 1. The third-order valence-electron chi connectivity index (χ3n) is 3.98. The van der Waals surface area contributed by atoms with Crippen LogP contribution in [0.5, 0.6) is 0 Å². The Balaban J connectivity index is 2.12. The van der Waals surface area contributed by atoms with Crippen LogP contribution in [-0.4, -0.2) is 31.2 Å². The highest BCUT2D eigenvalue weighted by Crippen LogP contribution is 2.32. The minimum atomic E-state index is 0.489. The van der Waals surface area contributed by atoms with E-state index in [-0.39, 0.29) is 0 Å². The summed E-state index contributed by atoms with van der Waals surface area (Å²) in [6, 6.07) is 0.489. The molecule has 0 bridgehead atoms. The molecule has 1 aromatic heterocycles. The van der Waals surface area contributed by atoms with Crippen molar-refractivity contribution < 1.29 is 4.74 Å². The Labute approximate surface area is 126 Å². The zero-order valence-corrected chi connectivity index (χ0v) is 14.1. The smallest absolute Gasteiger partial charge is 0.185 e. The summed E-state index contributed by atoms with van der Waals surface area (Å²) in [4.78, 5) is 8.54. The van der Waals surface area contributed by atoms with Gasteiger partial charge in [0.15, 0.2) is 5.13 Å². The van der Waals surface area contributed by atoms with E-state index in [4.69, 9.17) is 9.72 Å². The molecule has 4 nitrogen and oxygen atoms in total. The largest absolute Gasteiger partial charge is 0.378 e. The molecule has 1 aliphatic heterocycles. The van der Waals surface area contributed by atoms with E-state index in [0.717, 1.165) is 42.3 Å². The Kier molecular flexibility index (Phi) is 5.41. The molecular weight excluding hydrogens is 270 g/mol. The molecule has 1 N–H and O–H groups in total. The van der Waals surface area contributed by atoms with Crippen molar-refractivity contribution in [3.63, 3.8) is 0 Å². The van der Waals surface area contributed by atoms with E-state index >= 15 is 0 Å². The Morgan fingerprint density at radius 1 is 1.35 bits per heavy atom. The molecule has 2 unspecified atom stereocenters. The molecule has 0 aromatic carbocycles. The van der Waals surface area contributed by atoms with Crippen LogP contribution in [-0.2, 0) is 17.9 Å². The van der Waals surface area contributed by atoms with Gasteiger partial charge in [-0.3, -0.25) is 0 Å². The molecule has 2 rings (SSSR count). The first-order valence-electron chi connectivity index (χ1n) is 7.47. The fourth-order valence-electron chi connectivity index (χ4n) is 2.48. The molecule has 0 radical (unpaired) electrons. The van der Waals surface area contributed by atoms with Gasteiger partial charge in [-0.1, -0.05) is 27.7 Å². The molecule has 1 aromatic rings. The summed E-state index contributed by atoms with van der Waals surface area (Å²) in [5, 5.41) is 4.64. The first-order valence-corrected chi connectivity index (χ1v) is 8.28. The van der Waals surface area contributed by atoms with Crippen molar-refractivity contribution in [3.05, 3.63) is 10.6 Å². The van der Waals surface area contributed by atoms with E-state index in [1.165, 1.54) is 4.88 Å². The Bertz CT molecular complexity index is 423. The van der Waals surface area contributed by atoms with Crippen molar-refractivity contribution in [2.75, 3.05) is 25.1 Å². The first kappa shape index (κ1) is 15.7. The van der Waals surface area contributed by atoms with Gasteiger partial charge < -0.3 is 15.0 Å². The molecular formula is C15H27N3OS. The molecule has 1 aliphatic rings. The number of ether oxygens (including phenoxy) is 1. The molecule has 5 heteroatoms. The van der Waals surface area contributed by atoms with Gasteiger partial charge in [0, 0.05) is 37.7 Å². The van der Waals surface area contributed by atoms with Gasteiger partial charge in [-0.25, -0.2) is 4.98 Å². The molecule has 0 aliphatic carbocycles. The normalized spacial score (nSPS) is 23.0. The fourth-order valence-corrected chi connectivity index (χ4v) is 3.51. The van der Waals surface area contributed by atoms with E-state index in [2.05, 4.69) is 37.9 Å². The summed E-state index contributed by atoms with van der Waals surface area (Å²) in [5.74, 6) is 1.50. The average Bonchev–Trinajstić information content (AvgIpc) is 2.92. The van der Waals surface area contributed by atoms with Crippen molar-refractivity contribution in [2.45, 2.75) is 46.9 Å². The summed E-state index contributed by atoms with van der Waals surface area (Å²) >= 11 is 1.82. The van der Waals surface area contributed by atoms with E-state index in [0.29, 0.717) is 12.6 Å². The SMILES string of the molecule is COCc1nc(N2CC(C)C(C)C2)sc1CNC(C)C. The van der Waals surface area contributed by atoms with Crippen LogP contribution in [0.15, 0.2) is 0 Å². The van der Waals surface area contributed by atoms with Gasteiger partial charge in [0.05, 0.1) is 12.3 Å².